The average Bonchev–Trinajstić information content (AvgIpc) is 3.62. The normalized spacial score (nSPS) is 11.4. The highest BCUT2D eigenvalue weighted by Gasteiger charge is 2.17. The van der Waals surface area contributed by atoms with Gasteiger partial charge in [0, 0.05) is 38.4 Å². The van der Waals surface area contributed by atoms with Crippen molar-refractivity contribution >= 4 is 32.8 Å². The number of rotatable bonds is 6. The van der Waals surface area contributed by atoms with Crippen LogP contribution < -0.4 is 0 Å². The van der Waals surface area contributed by atoms with Gasteiger partial charge in [0.2, 0.25) is 0 Å². The van der Waals surface area contributed by atoms with E-state index < -0.39 is 0 Å². The second-order valence-electron chi connectivity index (χ2n) is 13.0. The second-order valence-corrected chi connectivity index (χ2v) is 13.0. The third-order valence-electron chi connectivity index (χ3n) is 9.72. The Bertz CT molecular complexity index is 2880. The van der Waals surface area contributed by atoms with Gasteiger partial charge in [0.1, 0.15) is 11.2 Å². The summed E-state index contributed by atoms with van der Waals surface area (Å²) < 4.78 is 6.46. The van der Waals surface area contributed by atoms with Crippen molar-refractivity contribution in [3.05, 3.63) is 182 Å². The van der Waals surface area contributed by atoms with E-state index in [1.807, 2.05) is 78.9 Å². The van der Waals surface area contributed by atoms with Gasteiger partial charge in [0.25, 0.3) is 0 Å². The van der Waals surface area contributed by atoms with Crippen molar-refractivity contribution < 1.29 is 4.42 Å². The molecule has 0 fully saturated rings. The van der Waals surface area contributed by atoms with Crippen molar-refractivity contribution in [2.45, 2.75) is 0 Å². The Balaban J connectivity index is 1.12. The molecule has 0 saturated carbocycles. The number of nitrogens with zero attached hydrogens (tertiary/aromatic N) is 4. The van der Waals surface area contributed by atoms with Crippen LogP contribution in [0.4, 0.5) is 0 Å². The van der Waals surface area contributed by atoms with E-state index in [2.05, 4.69) is 103 Å². The largest absolute Gasteiger partial charge is 0.456 e. The molecule has 0 aliphatic heterocycles. The smallest absolute Gasteiger partial charge is 0.164 e. The molecule has 248 valence electrons. The number of para-hydroxylation sites is 1. The maximum atomic E-state index is 6.46. The Kier molecular flexibility index (Phi) is 7.40. The van der Waals surface area contributed by atoms with Crippen LogP contribution in [-0.4, -0.2) is 19.9 Å². The molecule has 0 atom stereocenters. The van der Waals surface area contributed by atoms with Gasteiger partial charge >= 0.3 is 0 Å². The van der Waals surface area contributed by atoms with Crippen LogP contribution in [0.5, 0.6) is 0 Å². The fourth-order valence-electron chi connectivity index (χ4n) is 7.17. The van der Waals surface area contributed by atoms with Crippen LogP contribution in [0.15, 0.2) is 186 Å². The first-order valence-electron chi connectivity index (χ1n) is 17.6. The van der Waals surface area contributed by atoms with Gasteiger partial charge < -0.3 is 4.42 Å². The fraction of sp³-hybridized carbons (Fsp3) is 0. The number of fused-ring (bicyclic) bond motifs is 4. The Morgan fingerprint density at radius 1 is 0.321 bits per heavy atom. The van der Waals surface area contributed by atoms with E-state index >= 15 is 0 Å². The van der Waals surface area contributed by atoms with E-state index in [9.17, 15) is 0 Å². The Morgan fingerprint density at radius 2 is 0.906 bits per heavy atom. The summed E-state index contributed by atoms with van der Waals surface area (Å²) in [7, 11) is 0. The van der Waals surface area contributed by atoms with E-state index in [0.29, 0.717) is 17.5 Å². The van der Waals surface area contributed by atoms with Crippen molar-refractivity contribution in [3.63, 3.8) is 0 Å². The van der Waals surface area contributed by atoms with Crippen LogP contribution in [0.3, 0.4) is 0 Å². The minimum atomic E-state index is 0.614. The van der Waals surface area contributed by atoms with Crippen LogP contribution >= 0.6 is 0 Å². The summed E-state index contributed by atoms with van der Waals surface area (Å²) in [6.45, 7) is 0. The summed E-state index contributed by atoms with van der Waals surface area (Å²) in [4.78, 5) is 20.0. The third-order valence-corrected chi connectivity index (χ3v) is 9.72. The van der Waals surface area contributed by atoms with E-state index in [1.165, 1.54) is 0 Å². The van der Waals surface area contributed by atoms with Crippen molar-refractivity contribution in [3.8, 4) is 67.7 Å². The summed E-state index contributed by atoms with van der Waals surface area (Å²) in [6.07, 6.45) is 0. The molecule has 10 rings (SSSR count). The van der Waals surface area contributed by atoms with Gasteiger partial charge in [-0.25, -0.2) is 19.9 Å². The summed E-state index contributed by atoms with van der Waals surface area (Å²) in [5.41, 5.74) is 11.8. The van der Waals surface area contributed by atoms with E-state index in [-0.39, 0.29) is 0 Å². The first kappa shape index (κ1) is 30.6. The lowest BCUT2D eigenvalue weighted by Gasteiger charge is -2.11. The van der Waals surface area contributed by atoms with Crippen LogP contribution in [0, 0.1) is 0 Å². The Morgan fingerprint density at radius 3 is 1.62 bits per heavy atom. The highest BCUT2D eigenvalue weighted by molar-refractivity contribution is 6.13. The molecule has 0 saturated heterocycles. The molecule has 5 heteroatoms. The average molecular weight is 679 g/mol. The molecule has 3 aromatic heterocycles. The van der Waals surface area contributed by atoms with E-state index in [0.717, 1.165) is 83.0 Å². The monoisotopic (exact) mass is 678 g/mol. The second kappa shape index (κ2) is 12.8. The van der Waals surface area contributed by atoms with Gasteiger partial charge in [-0.05, 0) is 64.7 Å². The summed E-state index contributed by atoms with van der Waals surface area (Å²) >= 11 is 0. The number of hydrogen-bond donors (Lipinski definition) is 0. The summed E-state index contributed by atoms with van der Waals surface area (Å²) in [6, 6.07) is 62.2. The Labute approximate surface area is 305 Å². The van der Waals surface area contributed by atoms with Gasteiger partial charge in [0.15, 0.2) is 17.5 Å². The molecule has 10 aromatic rings. The van der Waals surface area contributed by atoms with Crippen molar-refractivity contribution in [2.75, 3.05) is 0 Å². The zero-order valence-electron chi connectivity index (χ0n) is 28.5. The fourth-order valence-corrected chi connectivity index (χ4v) is 7.17. The number of furan rings is 1. The van der Waals surface area contributed by atoms with Crippen molar-refractivity contribution in [2.24, 2.45) is 0 Å². The Hall–Kier alpha value is -7.24. The maximum absolute atomic E-state index is 6.46. The molecule has 0 radical (unpaired) electrons. The zero-order valence-corrected chi connectivity index (χ0v) is 28.5. The predicted octanol–water partition coefficient (Wildman–Crippen LogP) is 12.3. The van der Waals surface area contributed by atoms with Crippen LogP contribution in [0.25, 0.3) is 101 Å². The molecular formula is C48H30N4O. The van der Waals surface area contributed by atoms with Gasteiger partial charge in [-0.1, -0.05) is 140 Å². The molecule has 0 aliphatic rings. The van der Waals surface area contributed by atoms with Gasteiger partial charge in [-0.15, -0.1) is 0 Å². The van der Waals surface area contributed by atoms with Gasteiger partial charge in [-0.2, -0.15) is 0 Å². The van der Waals surface area contributed by atoms with Crippen molar-refractivity contribution in [1.29, 1.82) is 0 Å². The summed E-state index contributed by atoms with van der Waals surface area (Å²) in [5.74, 6) is 1.88. The SMILES string of the molecule is c1ccc(-c2nc(-c3ccccc3)nc(-c3cccc(-c4cccc5oc6ccc(-c7cc(-c8ccccc8)c8ccccc8n7)cc6c45)c3)n2)cc1. The van der Waals surface area contributed by atoms with Gasteiger partial charge in [-0.3, -0.25) is 0 Å². The zero-order chi connectivity index (χ0) is 35.1. The molecule has 3 heterocycles. The lowest BCUT2D eigenvalue weighted by molar-refractivity contribution is 0.669. The standard InChI is InChI=1S/C48H30N4O/c1-4-14-31(15-5-1)39-30-42(49-41-24-11-10-22-38(39)41)35-26-27-43-40(29-35)45-37(23-13-25-44(45)53-43)34-20-12-21-36(28-34)48-51-46(32-16-6-2-7-17-32)50-47(52-48)33-18-8-3-9-19-33/h1-30H. The molecule has 5 nitrogen and oxygen atoms in total. The van der Waals surface area contributed by atoms with E-state index in [1.54, 1.807) is 0 Å². The highest BCUT2D eigenvalue weighted by Crippen LogP contribution is 2.40. The number of hydrogen-bond acceptors (Lipinski definition) is 5. The lowest BCUT2D eigenvalue weighted by Crippen LogP contribution is -2.00. The van der Waals surface area contributed by atoms with E-state index in [4.69, 9.17) is 24.4 Å². The third kappa shape index (κ3) is 5.61. The predicted molar refractivity (Wildman–Crippen MR) is 215 cm³/mol. The lowest BCUT2D eigenvalue weighted by atomic mass is 9.96. The van der Waals surface area contributed by atoms with Crippen LogP contribution in [-0.2, 0) is 0 Å². The molecule has 53 heavy (non-hydrogen) atoms. The first-order valence-corrected chi connectivity index (χ1v) is 17.6. The maximum Gasteiger partial charge on any atom is 0.164 e. The molecule has 0 amide bonds. The van der Waals surface area contributed by atoms with Crippen LogP contribution in [0.1, 0.15) is 0 Å². The highest BCUT2D eigenvalue weighted by atomic mass is 16.3. The molecule has 0 N–H and O–H groups in total. The molecule has 0 unspecified atom stereocenters. The minimum absolute atomic E-state index is 0.614. The molecule has 0 spiro atoms. The number of aromatic nitrogens is 4. The molecular weight excluding hydrogens is 649 g/mol. The molecule has 0 bridgehead atoms. The first-order chi connectivity index (χ1) is 26.2. The summed E-state index contributed by atoms with van der Waals surface area (Å²) in [5, 5.41) is 3.22. The van der Waals surface area contributed by atoms with Gasteiger partial charge in [0.05, 0.1) is 11.2 Å². The quantitative estimate of drug-likeness (QED) is 0.175. The van der Waals surface area contributed by atoms with Crippen LogP contribution in [0.2, 0.25) is 0 Å². The molecule has 0 aliphatic carbocycles. The minimum Gasteiger partial charge on any atom is -0.456 e. The number of benzene rings is 7. The molecule has 7 aromatic carbocycles. The number of pyridine rings is 1. The topological polar surface area (TPSA) is 64.7 Å². The van der Waals surface area contributed by atoms with Crippen molar-refractivity contribution in [1.82, 2.24) is 19.9 Å².